The Morgan fingerprint density at radius 2 is 2.35 bits per heavy atom. The van der Waals surface area contributed by atoms with E-state index in [1.54, 1.807) is 7.11 Å². The zero-order valence-electron chi connectivity index (χ0n) is 12.2. The van der Waals surface area contributed by atoms with Crippen LogP contribution in [0.1, 0.15) is 12.0 Å². The molecule has 20 heavy (non-hydrogen) atoms. The van der Waals surface area contributed by atoms with Gasteiger partial charge in [0.25, 0.3) is 0 Å². The van der Waals surface area contributed by atoms with Gasteiger partial charge in [-0.2, -0.15) is 11.8 Å². The van der Waals surface area contributed by atoms with Gasteiger partial charge in [0, 0.05) is 55.3 Å². The summed E-state index contributed by atoms with van der Waals surface area (Å²) in [6, 6.07) is 6.79. The standard InChI is InChI=1S/C15H23ClN2OS/c1-18(12-6-9-20-11-12)15-5-3-4-14(16)13(15)10-17-7-8-19-2/h3-5,12,17H,6-11H2,1-2H3. The number of methoxy groups -OCH3 is 1. The maximum absolute atomic E-state index is 6.39. The molecule has 1 aromatic rings. The van der Waals surface area contributed by atoms with Crippen LogP contribution >= 0.6 is 23.4 Å². The molecular weight excluding hydrogens is 292 g/mol. The Morgan fingerprint density at radius 3 is 3.05 bits per heavy atom. The predicted octanol–water partition coefficient (Wildman–Crippen LogP) is 3.02. The molecule has 1 fully saturated rings. The topological polar surface area (TPSA) is 24.5 Å². The second-order valence-electron chi connectivity index (χ2n) is 5.04. The molecule has 1 heterocycles. The van der Waals surface area contributed by atoms with Gasteiger partial charge in [0.2, 0.25) is 0 Å². The molecule has 1 unspecified atom stereocenters. The molecule has 1 aromatic carbocycles. The van der Waals surface area contributed by atoms with E-state index in [9.17, 15) is 0 Å². The van der Waals surface area contributed by atoms with Crippen LogP contribution in [0.4, 0.5) is 5.69 Å². The van der Waals surface area contributed by atoms with Gasteiger partial charge >= 0.3 is 0 Å². The lowest BCUT2D eigenvalue weighted by Crippen LogP contribution is -2.32. The molecule has 2 rings (SSSR count). The number of hydrogen-bond donors (Lipinski definition) is 1. The monoisotopic (exact) mass is 314 g/mol. The number of ether oxygens (including phenoxy) is 1. The van der Waals surface area contributed by atoms with Crippen molar-refractivity contribution >= 4 is 29.1 Å². The highest BCUT2D eigenvalue weighted by atomic mass is 35.5. The molecule has 1 atom stereocenters. The molecule has 0 saturated carbocycles. The highest BCUT2D eigenvalue weighted by molar-refractivity contribution is 7.99. The van der Waals surface area contributed by atoms with Crippen molar-refractivity contribution < 1.29 is 4.74 Å². The van der Waals surface area contributed by atoms with Crippen molar-refractivity contribution in [3.63, 3.8) is 0 Å². The average Bonchev–Trinajstić information content (AvgIpc) is 2.98. The molecule has 1 aliphatic heterocycles. The summed E-state index contributed by atoms with van der Waals surface area (Å²) < 4.78 is 5.06. The first-order chi connectivity index (χ1) is 9.74. The first-order valence-corrected chi connectivity index (χ1v) is 8.55. The van der Waals surface area contributed by atoms with Gasteiger partial charge in [-0.15, -0.1) is 0 Å². The third-order valence-corrected chi connectivity index (χ3v) is 5.21. The Hall–Kier alpha value is -0.420. The number of rotatable bonds is 7. The van der Waals surface area contributed by atoms with E-state index < -0.39 is 0 Å². The lowest BCUT2D eigenvalue weighted by atomic mass is 10.1. The minimum Gasteiger partial charge on any atom is -0.383 e. The summed E-state index contributed by atoms with van der Waals surface area (Å²) in [6.07, 6.45) is 1.25. The van der Waals surface area contributed by atoms with Crippen molar-refractivity contribution in [3.8, 4) is 0 Å². The van der Waals surface area contributed by atoms with E-state index >= 15 is 0 Å². The molecular formula is C15H23ClN2OS. The van der Waals surface area contributed by atoms with Crippen LogP contribution in [0.3, 0.4) is 0 Å². The van der Waals surface area contributed by atoms with Crippen LogP contribution in [0.5, 0.6) is 0 Å². The molecule has 1 N–H and O–H groups in total. The smallest absolute Gasteiger partial charge is 0.0587 e. The second kappa shape index (κ2) is 8.13. The van der Waals surface area contributed by atoms with Crippen LogP contribution in [0.2, 0.25) is 5.02 Å². The number of nitrogens with one attached hydrogen (secondary N) is 1. The van der Waals surface area contributed by atoms with E-state index in [4.69, 9.17) is 16.3 Å². The summed E-state index contributed by atoms with van der Waals surface area (Å²) in [5.74, 6) is 2.47. The van der Waals surface area contributed by atoms with Gasteiger partial charge in [0.15, 0.2) is 0 Å². The molecule has 0 aromatic heterocycles. The fraction of sp³-hybridized carbons (Fsp3) is 0.600. The molecule has 5 heteroatoms. The Bertz CT molecular complexity index is 424. The van der Waals surface area contributed by atoms with Crippen molar-refractivity contribution in [2.24, 2.45) is 0 Å². The Kier molecular flexibility index (Phi) is 6.49. The average molecular weight is 315 g/mol. The Morgan fingerprint density at radius 1 is 1.50 bits per heavy atom. The van der Waals surface area contributed by atoms with Crippen molar-refractivity contribution in [3.05, 3.63) is 28.8 Å². The summed E-state index contributed by atoms with van der Waals surface area (Å²) in [4.78, 5) is 2.39. The van der Waals surface area contributed by atoms with E-state index in [0.717, 1.165) is 24.7 Å². The first-order valence-electron chi connectivity index (χ1n) is 7.01. The number of benzene rings is 1. The predicted molar refractivity (Wildman–Crippen MR) is 89.2 cm³/mol. The minimum absolute atomic E-state index is 0.621. The van der Waals surface area contributed by atoms with Gasteiger partial charge in [0.1, 0.15) is 0 Å². The van der Waals surface area contributed by atoms with Crippen molar-refractivity contribution in [2.45, 2.75) is 19.0 Å². The quantitative estimate of drug-likeness (QED) is 0.782. The third-order valence-electron chi connectivity index (χ3n) is 3.71. The Labute approximate surface area is 131 Å². The largest absolute Gasteiger partial charge is 0.383 e. The van der Waals surface area contributed by atoms with Gasteiger partial charge in [-0.05, 0) is 24.3 Å². The van der Waals surface area contributed by atoms with E-state index in [2.05, 4.69) is 23.3 Å². The van der Waals surface area contributed by atoms with Gasteiger partial charge in [-0.3, -0.25) is 0 Å². The number of anilines is 1. The molecule has 112 valence electrons. The number of nitrogens with zero attached hydrogens (tertiary/aromatic N) is 1. The fourth-order valence-corrected chi connectivity index (χ4v) is 3.97. The summed E-state index contributed by atoms with van der Waals surface area (Å²) in [5, 5.41) is 4.23. The summed E-state index contributed by atoms with van der Waals surface area (Å²) in [6.45, 7) is 2.33. The summed E-state index contributed by atoms with van der Waals surface area (Å²) in [7, 11) is 3.90. The second-order valence-corrected chi connectivity index (χ2v) is 6.59. The highest BCUT2D eigenvalue weighted by Gasteiger charge is 2.22. The van der Waals surface area contributed by atoms with E-state index in [-0.39, 0.29) is 0 Å². The van der Waals surface area contributed by atoms with Crippen LogP contribution in [0.15, 0.2) is 18.2 Å². The lowest BCUT2D eigenvalue weighted by molar-refractivity contribution is 0.199. The first kappa shape index (κ1) is 16.0. The molecule has 0 amide bonds. The normalized spacial score (nSPS) is 18.4. The molecule has 0 radical (unpaired) electrons. The van der Waals surface area contributed by atoms with Gasteiger partial charge in [0.05, 0.1) is 6.61 Å². The van der Waals surface area contributed by atoms with Gasteiger partial charge < -0.3 is 15.0 Å². The van der Waals surface area contributed by atoms with Crippen molar-refractivity contribution in [1.82, 2.24) is 5.32 Å². The fourth-order valence-electron chi connectivity index (χ4n) is 2.46. The number of thioether (sulfide) groups is 1. The third kappa shape index (κ3) is 4.04. The zero-order valence-corrected chi connectivity index (χ0v) is 13.8. The number of halogens is 1. The van der Waals surface area contributed by atoms with Crippen LogP contribution < -0.4 is 10.2 Å². The van der Waals surface area contributed by atoms with E-state index in [0.29, 0.717) is 6.04 Å². The van der Waals surface area contributed by atoms with Gasteiger partial charge in [-0.25, -0.2) is 0 Å². The van der Waals surface area contributed by atoms with E-state index in [1.165, 1.54) is 29.2 Å². The van der Waals surface area contributed by atoms with Crippen molar-refractivity contribution in [1.29, 1.82) is 0 Å². The molecule has 0 aliphatic carbocycles. The van der Waals surface area contributed by atoms with Gasteiger partial charge in [-0.1, -0.05) is 17.7 Å². The summed E-state index contributed by atoms with van der Waals surface area (Å²) in [5.41, 5.74) is 2.43. The molecule has 1 aliphatic rings. The maximum Gasteiger partial charge on any atom is 0.0587 e. The Balaban J connectivity index is 2.08. The van der Waals surface area contributed by atoms with Crippen LogP contribution in [-0.4, -0.2) is 44.9 Å². The number of hydrogen-bond acceptors (Lipinski definition) is 4. The molecule has 0 bridgehead atoms. The van der Waals surface area contributed by atoms with Crippen LogP contribution in [-0.2, 0) is 11.3 Å². The molecule has 0 spiro atoms. The lowest BCUT2D eigenvalue weighted by Gasteiger charge is -2.29. The zero-order chi connectivity index (χ0) is 14.4. The van der Waals surface area contributed by atoms with Crippen LogP contribution in [0.25, 0.3) is 0 Å². The maximum atomic E-state index is 6.39. The molecule has 1 saturated heterocycles. The highest BCUT2D eigenvalue weighted by Crippen LogP contribution is 2.31. The molecule has 3 nitrogen and oxygen atoms in total. The van der Waals surface area contributed by atoms with Crippen molar-refractivity contribution in [2.75, 3.05) is 43.7 Å². The SMILES string of the molecule is COCCNCc1c(Cl)cccc1N(C)C1CCSC1. The van der Waals surface area contributed by atoms with Crippen LogP contribution in [0, 0.1) is 0 Å². The minimum atomic E-state index is 0.621. The van der Waals surface area contributed by atoms with E-state index in [1.807, 2.05) is 23.9 Å². The summed E-state index contributed by atoms with van der Waals surface area (Å²) >= 11 is 8.42.